The number of hydrogen-bond donors (Lipinski definition) is 2. The Bertz CT molecular complexity index is 1010. The van der Waals surface area contributed by atoms with Crippen molar-refractivity contribution in [2.45, 2.75) is 33.4 Å². The van der Waals surface area contributed by atoms with Gasteiger partial charge in [-0.05, 0) is 62.2 Å². The highest BCUT2D eigenvalue weighted by Gasteiger charge is 2.16. The Morgan fingerprint density at radius 2 is 1.63 bits per heavy atom. The summed E-state index contributed by atoms with van der Waals surface area (Å²) in [5.74, 6) is 0.135. The molecule has 0 radical (unpaired) electrons. The number of amides is 2. The molecule has 30 heavy (non-hydrogen) atoms. The van der Waals surface area contributed by atoms with Crippen LogP contribution in [0.1, 0.15) is 34.0 Å². The fraction of sp³-hybridized carbons (Fsp3) is 0.200. The largest absolute Gasteiger partial charge is 0.481 e. The molecule has 0 aliphatic rings. The molecule has 154 valence electrons. The normalized spacial score (nSPS) is 11.4. The number of ether oxygens (including phenoxy) is 1. The summed E-state index contributed by atoms with van der Waals surface area (Å²) in [4.78, 5) is 24.8. The van der Waals surface area contributed by atoms with E-state index < -0.39 is 6.10 Å². The van der Waals surface area contributed by atoms with Crippen LogP contribution in [0, 0.1) is 13.8 Å². The highest BCUT2D eigenvalue weighted by atomic mass is 16.5. The lowest BCUT2D eigenvalue weighted by molar-refractivity contribution is -0.122. The van der Waals surface area contributed by atoms with Gasteiger partial charge in [-0.15, -0.1) is 0 Å². The zero-order valence-corrected chi connectivity index (χ0v) is 17.4. The van der Waals surface area contributed by atoms with Crippen LogP contribution >= 0.6 is 0 Å². The summed E-state index contributed by atoms with van der Waals surface area (Å²) in [5, 5.41) is 5.78. The Morgan fingerprint density at radius 3 is 2.30 bits per heavy atom. The first-order valence-electron chi connectivity index (χ1n) is 9.89. The van der Waals surface area contributed by atoms with Gasteiger partial charge >= 0.3 is 0 Å². The molecule has 5 heteroatoms. The highest BCUT2D eigenvalue weighted by Crippen LogP contribution is 2.18. The molecule has 3 aromatic rings. The molecule has 3 aromatic carbocycles. The summed E-state index contributed by atoms with van der Waals surface area (Å²) in [6, 6.07) is 22.3. The fourth-order valence-corrected chi connectivity index (χ4v) is 3.01. The fourth-order valence-electron chi connectivity index (χ4n) is 3.01. The van der Waals surface area contributed by atoms with Crippen LogP contribution in [0.5, 0.6) is 5.75 Å². The van der Waals surface area contributed by atoms with Gasteiger partial charge in [0.05, 0.1) is 0 Å². The molecule has 0 saturated carbocycles. The Labute approximate surface area is 177 Å². The summed E-state index contributed by atoms with van der Waals surface area (Å²) >= 11 is 0. The number of aryl methyl sites for hydroxylation is 2. The van der Waals surface area contributed by atoms with Crippen LogP contribution in [0.25, 0.3) is 0 Å². The van der Waals surface area contributed by atoms with Crippen molar-refractivity contribution >= 4 is 17.5 Å². The molecule has 0 aromatic heterocycles. The molecule has 5 nitrogen and oxygen atoms in total. The van der Waals surface area contributed by atoms with E-state index in [-0.39, 0.29) is 11.8 Å². The minimum atomic E-state index is -0.677. The Hall–Kier alpha value is -3.60. The molecule has 2 amide bonds. The van der Waals surface area contributed by atoms with Crippen molar-refractivity contribution < 1.29 is 14.3 Å². The molecule has 0 heterocycles. The number of anilines is 1. The predicted molar refractivity (Wildman–Crippen MR) is 119 cm³/mol. The number of rotatable bonds is 7. The third-order valence-electron chi connectivity index (χ3n) is 4.73. The zero-order valence-electron chi connectivity index (χ0n) is 17.4. The van der Waals surface area contributed by atoms with Crippen molar-refractivity contribution in [2.75, 3.05) is 5.32 Å². The number of hydrogen-bond acceptors (Lipinski definition) is 3. The second-order valence-corrected chi connectivity index (χ2v) is 7.26. The second-order valence-electron chi connectivity index (χ2n) is 7.26. The molecule has 0 bridgehead atoms. The van der Waals surface area contributed by atoms with E-state index in [4.69, 9.17) is 4.74 Å². The molecule has 0 aliphatic heterocycles. The molecule has 2 N–H and O–H groups in total. The first-order chi connectivity index (χ1) is 14.4. The van der Waals surface area contributed by atoms with Crippen molar-refractivity contribution in [2.24, 2.45) is 0 Å². The number of carbonyl (C=O) groups is 2. The molecule has 3 rings (SSSR count). The Morgan fingerprint density at radius 1 is 0.933 bits per heavy atom. The summed E-state index contributed by atoms with van der Waals surface area (Å²) < 4.78 is 5.73. The SMILES string of the molecule is Cc1ccc(NC(=O)[C@@H](C)Oc2ccc(C(=O)NCc3ccccc3)cc2)c(C)c1. The lowest BCUT2D eigenvalue weighted by Gasteiger charge is -2.16. The molecule has 0 saturated heterocycles. The smallest absolute Gasteiger partial charge is 0.265 e. The zero-order chi connectivity index (χ0) is 21.5. The summed E-state index contributed by atoms with van der Waals surface area (Å²) in [6.07, 6.45) is -0.677. The molecule has 0 fully saturated rings. The first kappa shape index (κ1) is 21.1. The monoisotopic (exact) mass is 402 g/mol. The maximum Gasteiger partial charge on any atom is 0.265 e. The van der Waals surface area contributed by atoms with E-state index in [0.717, 1.165) is 22.4 Å². The van der Waals surface area contributed by atoms with E-state index in [0.29, 0.717) is 17.9 Å². The molecule has 0 spiro atoms. The quantitative estimate of drug-likeness (QED) is 0.605. The van der Waals surface area contributed by atoms with Gasteiger partial charge in [0.25, 0.3) is 11.8 Å². The van der Waals surface area contributed by atoms with Crippen LogP contribution in [-0.4, -0.2) is 17.9 Å². The second kappa shape index (κ2) is 9.74. The Balaban J connectivity index is 1.54. The molecule has 1 atom stereocenters. The van der Waals surface area contributed by atoms with Crippen molar-refractivity contribution in [3.8, 4) is 5.75 Å². The minimum absolute atomic E-state index is 0.161. The van der Waals surface area contributed by atoms with Gasteiger partial charge < -0.3 is 15.4 Å². The maximum atomic E-state index is 12.4. The summed E-state index contributed by atoms with van der Waals surface area (Å²) in [6.45, 7) is 6.12. The lowest BCUT2D eigenvalue weighted by atomic mass is 10.1. The predicted octanol–water partition coefficient (Wildman–Crippen LogP) is 4.64. The van der Waals surface area contributed by atoms with E-state index in [2.05, 4.69) is 10.6 Å². The van der Waals surface area contributed by atoms with Crippen molar-refractivity contribution in [1.29, 1.82) is 0 Å². The topological polar surface area (TPSA) is 67.4 Å². The van der Waals surface area contributed by atoms with E-state index in [1.54, 1.807) is 31.2 Å². The van der Waals surface area contributed by atoms with Crippen molar-refractivity contribution in [3.63, 3.8) is 0 Å². The number of benzene rings is 3. The van der Waals surface area contributed by atoms with Gasteiger partial charge in [-0.25, -0.2) is 0 Å². The number of carbonyl (C=O) groups excluding carboxylic acids is 2. The number of nitrogens with one attached hydrogen (secondary N) is 2. The van der Waals surface area contributed by atoms with Gasteiger partial charge in [0.15, 0.2) is 6.10 Å². The lowest BCUT2D eigenvalue weighted by Crippen LogP contribution is -2.30. The van der Waals surface area contributed by atoms with Crippen molar-refractivity contribution in [1.82, 2.24) is 5.32 Å². The first-order valence-corrected chi connectivity index (χ1v) is 9.89. The van der Waals surface area contributed by atoms with Crippen LogP contribution in [0.4, 0.5) is 5.69 Å². The standard InChI is InChI=1S/C25H26N2O3/c1-17-9-14-23(18(2)15-17)27-24(28)19(3)30-22-12-10-21(11-13-22)25(29)26-16-20-7-5-4-6-8-20/h4-15,19H,16H2,1-3H3,(H,26,29)(H,27,28)/t19-/m1/s1. The van der Waals surface area contributed by atoms with Gasteiger partial charge in [0, 0.05) is 17.8 Å². The molecular weight excluding hydrogens is 376 g/mol. The van der Waals surface area contributed by atoms with Gasteiger partial charge in [-0.3, -0.25) is 9.59 Å². The molecule has 0 aliphatic carbocycles. The van der Waals surface area contributed by atoms with Gasteiger partial charge in [0.2, 0.25) is 0 Å². The van der Waals surface area contributed by atoms with Crippen LogP contribution in [0.15, 0.2) is 72.8 Å². The third-order valence-corrected chi connectivity index (χ3v) is 4.73. The Kier molecular flexibility index (Phi) is 6.86. The van der Waals surface area contributed by atoms with Gasteiger partial charge in [-0.1, -0.05) is 48.0 Å². The van der Waals surface area contributed by atoms with Gasteiger partial charge in [-0.2, -0.15) is 0 Å². The average molecular weight is 402 g/mol. The highest BCUT2D eigenvalue weighted by molar-refractivity contribution is 5.95. The van der Waals surface area contributed by atoms with Crippen LogP contribution in [0.3, 0.4) is 0 Å². The molecular formula is C25H26N2O3. The van der Waals surface area contributed by atoms with Crippen molar-refractivity contribution in [3.05, 3.63) is 95.1 Å². The maximum absolute atomic E-state index is 12.4. The third kappa shape index (κ3) is 5.70. The van der Waals surface area contributed by atoms with E-state index in [1.165, 1.54) is 0 Å². The average Bonchev–Trinajstić information content (AvgIpc) is 2.75. The van der Waals surface area contributed by atoms with E-state index in [1.807, 2.05) is 62.4 Å². The minimum Gasteiger partial charge on any atom is -0.481 e. The summed E-state index contributed by atoms with van der Waals surface area (Å²) in [5.41, 5.74) is 4.48. The molecule has 0 unspecified atom stereocenters. The van der Waals surface area contributed by atoms with Gasteiger partial charge in [0.1, 0.15) is 5.75 Å². The van der Waals surface area contributed by atoms with Crippen LogP contribution < -0.4 is 15.4 Å². The van der Waals surface area contributed by atoms with Crippen LogP contribution in [-0.2, 0) is 11.3 Å². The van der Waals surface area contributed by atoms with Crippen LogP contribution in [0.2, 0.25) is 0 Å². The van der Waals surface area contributed by atoms with E-state index in [9.17, 15) is 9.59 Å². The van der Waals surface area contributed by atoms with E-state index >= 15 is 0 Å². The summed E-state index contributed by atoms with van der Waals surface area (Å²) in [7, 11) is 0.